The van der Waals surface area contributed by atoms with Crippen molar-refractivity contribution in [3.05, 3.63) is 35.9 Å². The van der Waals surface area contributed by atoms with Gasteiger partial charge in [0.2, 0.25) is 0 Å². The molecule has 70 valence electrons. The highest BCUT2D eigenvalue weighted by Crippen LogP contribution is 2.15. The lowest BCUT2D eigenvalue weighted by molar-refractivity contribution is 0.0965. The molecule has 0 spiro atoms. The number of terminal acetylenes is 1. The van der Waals surface area contributed by atoms with Gasteiger partial charge in [-0.2, -0.15) is 5.26 Å². The van der Waals surface area contributed by atoms with Gasteiger partial charge in [-0.3, -0.25) is 0 Å². The number of nitriles is 1. The quantitative estimate of drug-likeness (QED) is 0.532. The van der Waals surface area contributed by atoms with E-state index in [1.54, 1.807) is 0 Å². The van der Waals surface area contributed by atoms with Gasteiger partial charge in [-0.25, -0.2) is 0 Å². The molecule has 0 aliphatic rings. The van der Waals surface area contributed by atoms with E-state index in [4.69, 9.17) is 16.4 Å². The summed E-state index contributed by atoms with van der Waals surface area (Å²) in [5, 5.41) is 8.34. The second-order valence-electron chi connectivity index (χ2n) is 2.74. The number of rotatable bonds is 4. The lowest BCUT2D eigenvalue weighted by atomic mass is 10.1. The molecule has 0 radical (unpaired) electrons. The Morgan fingerprint density at radius 1 is 1.36 bits per heavy atom. The molecule has 2 nitrogen and oxygen atoms in total. The maximum Gasteiger partial charge on any atom is 0.143 e. The molecule has 0 fully saturated rings. The molecule has 14 heavy (non-hydrogen) atoms. The summed E-state index contributed by atoms with van der Waals surface area (Å²) in [6.07, 6.45) is 5.35. The van der Waals surface area contributed by atoms with Gasteiger partial charge in [0, 0.05) is 0 Å². The van der Waals surface area contributed by atoms with Crippen LogP contribution in [0.3, 0.4) is 0 Å². The van der Waals surface area contributed by atoms with Gasteiger partial charge in [0.25, 0.3) is 0 Å². The van der Waals surface area contributed by atoms with Gasteiger partial charge in [-0.15, -0.1) is 6.42 Å². The third-order valence-electron chi connectivity index (χ3n) is 1.75. The largest absolute Gasteiger partial charge is 0.360 e. The van der Waals surface area contributed by atoms with Crippen molar-refractivity contribution in [3.8, 4) is 18.4 Å². The van der Waals surface area contributed by atoms with Crippen LogP contribution < -0.4 is 0 Å². The molecule has 0 amide bonds. The minimum Gasteiger partial charge on any atom is -0.360 e. The van der Waals surface area contributed by atoms with Crippen molar-refractivity contribution in [2.75, 3.05) is 6.61 Å². The van der Waals surface area contributed by atoms with Crippen molar-refractivity contribution >= 4 is 0 Å². The molecule has 2 heteroatoms. The summed E-state index contributed by atoms with van der Waals surface area (Å²) in [5.74, 6) is 2.55. The molecular weight excluding hydrogens is 174 g/mol. The van der Waals surface area contributed by atoms with E-state index in [1.165, 1.54) is 0 Å². The van der Waals surface area contributed by atoms with E-state index in [9.17, 15) is 0 Å². The molecule has 0 N–H and O–H groups in total. The average molecular weight is 185 g/mol. The van der Waals surface area contributed by atoms with Gasteiger partial charge in [0.15, 0.2) is 0 Å². The fraction of sp³-hybridized carbons (Fsp3) is 0.250. The van der Waals surface area contributed by atoms with Gasteiger partial charge in [-0.05, 0) is 5.56 Å². The highest BCUT2D eigenvalue weighted by atomic mass is 16.5. The molecule has 0 saturated carbocycles. The minimum atomic E-state index is -0.343. The Balaban J connectivity index is 2.57. The predicted octanol–water partition coefficient (Wildman–Crippen LogP) is 2.29. The number of ether oxygens (including phenoxy) is 1. The number of hydrogen-bond acceptors (Lipinski definition) is 2. The van der Waals surface area contributed by atoms with Gasteiger partial charge in [0.1, 0.15) is 6.10 Å². The van der Waals surface area contributed by atoms with Gasteiger partial charge < -0.3 is 4.74 Å². The number of nitrogens with zero attached hydrogens (tertiary/aromatic N) is 1. The fourth-order valence-corrected chi connectivity index (χ4v) is 1.09. The third kappa shape index (κ3) is 2.94. The SMILES string of the molecule is C#CC(OCCC#N)c1ccccc1. The topological polar surface area (TPSA) is 33.0 Å². The summed E-state index contributed by atoms with van der Waals surface area (Å²) >= 11 is 0. The molecule has 1 atom stereocenters. The van der Waals surface area contributed by atoms with Crippen LogP contribution in [-0.2, 0) is 4.74 Å². The van der Waals surface area contributed by atoms with Gasteiger partial charge in [-0.1, -0.05) is 36.3 Å². The first-order chi connectivity index (χ1) is 6.88. The standard InChI is InChI=1S/C12H11NO/c1-2-12(14-10-6-9-13)11-7-4-3-5-8-11/h1,3-5,7-8,12H,6,10H2. The third-order valence-corrected chi connectivity index (χ3v) is 1.75. The molecule has 0 aromatic heterocycles. The minimum absolute atomic E-state index is 0.343. The van der Waals surface area contributed by atoms with Crippen molar-refractivity contribution in [1.29, 1.82) is 5.26 Å². The lowest BCUT2D eigenvalue weighted by Crippen LogP contribution is -2.02. The maximum atomic E-state index is 8.34. The Kier molecular flexibility index (Phi) is 4.27. The molecule has 1 rings (SSSR count). The Labute approximate surface area is 84.1 Å². The molecule has 1 unspecified atom stereocenters. The average Bonchev–Trinajstić information content (AvgIpc) is 2.26. The monoisotopic (exact) mass is 185 g/mol. The fourth-order valence-electron chi connectivity index (χ4n) is 1.09. The Morgan fingerprint density at radius 2 is 2.07 bits per heavy atom. The van der Waals surface area contributed by atoms with Crippen LogP contribution in [-0.4, -0.2) is 6.61 Å². The Hall–Kier alpha value is -1.77. The summed E-state index contributed by atoms with van der Waals surface area (Å²) < 4.78 is 5.36. The van der Waals surface area contributed by atoms with Crippen LogP contribution in [0.15, 0.2) is 30.3 Å². The first-order valence-corrected chi connectivity index (χ1v) is 4.38. The molecule has 1 aromatic carbocycles. The lowest BCUT2D eigenvalue weighted by Gasteiger charge is -2.10. The summed E-state index contributed by atoms with van der Waals surface area (Å²) in [5.41, 5.74) is 0.952. The van der Waals surface area contributed by atoms with Crippen LogP contribution in [0.1, 0.15) is 18.1 Å². The molecule has 0 bridgehead atoms. The molecule has 0 aliphatic heterocycles. The highest BCUT2D eigenvalue weighted by Gasteiger charge is 2.06. The highest BCUT2D eigenvalue weighted by molar-refractivity contribution is 5.23. The number of hydrogen-bond donors (Lipinski definition) is 0. The van der Waals surface area contributed by atoms with Crippen molar-refractivity contribution < 1.29 is 4.74 Å². The van der Waals surface area contributed by atoms with E-state index in [0.717, 1.165) is 5.56 Å². The maximum absolute atomic E-state index is 8.34. The Bertz CT molecular complexity index is 345. The zero-order chi connectivity index (χ0) is 10.2. The van der Waals surface area contributed by atoms with Crippen LogP contribution in [0.25, 0.3) is 0 Å². The van der Waals surface area contributed by atoms with E-state index in [2.05, 4.69) is 5.92 Å². The van der Waals surface area contributed by atoms with Crippen molar-refractivity contribution in [3.63, 3.8) is 0 Å². The smallest absolute Gasteiger partial charge is 0.143 e. The van der Waals surface area contributed by atoms with Crippen LogP contribution >= 0.6 is 0 Å². The first kappa shape index (κ1) is 10.3. The van der Waals surface area contributed by atoms with Crippen molar-refractivity contribution in [1.82, 2.24) is 0 Å². The van der Waals surface area contributed by atoms with E-state index >= 15 is 0 Å². The van der Waals surface area contributed by atoms with E-state index in [0.29, 0.717) is 13.0 Å². The molecular formula is C12H11NO. The summed E-state index contributed by atoms with van der Waals surface area (Å²) in [6.45, 7) is 0.375. The molecule has 0 saturated heterocycles. The van der Waals surface area contributed by atoms with Crippen LogP contribution in [0.4, 0.5) is 0 Å². The molecule has 0 aliphatic carbocycles. The van der Waals surface area contributed by atoms with Crippen molar-refractivity contribution in [2.45, 2.75) is 12.5 Å². The van der Waals surface area contributed by atoms with E-state index < -0.39 is 0 Å². The van der Waals surface area contributed by atoms with E-state index in [1.807, 2.05) is 36.4 Å². The normalized spacial score (nSPS) is 11.3. The van der Waals surface area contributed by atoms with Gasteiger partial charge >= 0.3 is 0 Å². The zero-order valence-corrected chi connectivity index (χ0v) is 7.81. The van der Waals surface area contributed by atoms with Crippen LogP contribution in [0.5, 0.6) is 0 Å². The summed E-state index contributed by atoms with van der Waals surface area (Å²) in [6, 6.07) is 11.6. The Morgan fingerprint density at radius 3 is 2.64 bits per heavy atom. The van der Waals surface area contributed by atoms with Crippen LogP contribution in [0, 0.1) is 23.7 Å². The van der Waals surface area contributed by atoms with Crippen LogP contribution in [0.2, 0.25) is 0 Å². The zero-order valence-electron chi connectivity index (χ0n) is 7.81. The molecule has 0 heterocycles. The van der Waals surface area contributed by atoms with Crippen molar-refractivity contribution in [2.24, 2.45) is 0 Å². The van der Waals surface area contributed by atoms with Gasteiger partial charge in [0.05, 0.1) is 19.1 Å². The predicted molar refractivity (Wildman–Crippen MR) is 54.2 cm³/mol. The summed E-state index contributed by atoms with van der Waals surface area (Å²) in [4.78, 5) is 0. The summed E-state index contributed by atoms with van der Waals surface area (Å²) in [7, 11) is 0. The second kappa shape index (κ2) is 5.80. The van der Waals surface area contributed by atoms with E-state index in [-0.39, 0.29) is 6.10 Å². The molecule has 1 aromatic rings. The first-order valence-electron chi connectivity index (χ1n) is 4.38. The second-order valence-corrected chi connectivity index (χ2v) is 2.74. The number of benzene rings is 1.